The number of aromatic nitrogens is 2. The van der Waals surface area contributed by atoms with Gasteiger partial charge in [0.25, 0.3) is 5.69 Å². The molecule has 0 saturated carbocycles. The molecule has 0 saturated heterocycles. The Morgan fingerprint density at radius 2 is 2.00 bits per heavy atom. The lowest BCUT2D eigenvalue weighted by atomic mass is 10.0. The Kier molecular flexibility index (Phi) is 5.45. The number of hydrogen-bond acceptors (Lipinski definition) is 3. The molecular formula is C20H24ClN3O2S. The van der Waals surface area contributed by atoms with Gasteiger partial charge in [0.05, 0.1) is 17.5 Å². The first-order valence-corrected chi connectivity index (χ1v) is 10.0. The van der Waals surface area contributed by atoms with Crippen molar-refractivity contribution >= 4 is 34.3 Å². The number of likely N-dealkylation sites (N-methyl/N-ethyl adjacent to an activating group) is 1. The predicted molar refractivity (Wildman–Crippen MR) is 112 cm³/mol. The molecule has 27 heavy (non-hydrogen) atoms. The highest BCUT2D eigenvalue weighted by Crippen LogP contribution is 2.48. The van der Waals surface area contributed by atoms with Gasteiger partial charge in [0.2, 0.25) is 0 Å². The van der Waals surface area contributed by atoms with E-state index in [2.05, 4.69) is 44.9 Å². The van der Waals surface area contributed by atoms with E-state index < -0.39 is 0 Å². The van der Waals surface area contributed by atoms with Gasteiger partial charge in [0.1, 0.15) is 5.52 Å². The molecule has 0 radical (unpaired) electrons. The highest BCUT2D eigenvalue weighted by molar-refractivity contribution is 7.99. The molecule has 5 nitrogen and oxygen atoms in total. The third-order valence-electron chi connectivity index (χ3n) is 5.21. The Hall–Kier alpha value is -1.73. The minimum absolute atomic E-state index is 0. The molecule has 0 spiro atoms. The molecule has 1 aliphatic rings. The van der Waals surface area contributed by atoms with Gasteiger partial charge in [0, 0.05) is 27.4 Å². The van der Waals surface area contributed by atoms with Crippen LogP contribution in [0.15, 0.2) is 40.1 Å². The van der Waals surface area contributed by atoms with E-state index in [0.29, 0.717) is 17.6 Å². The SMILES string of the molecule is Cc1ccc2c3c1Sc1cc(Cl)ccc1-c3[n+]([O-])n2CCN(C)C(C)C.O. The lowest BCUT2D eigenvalue weighted by Gasteiger charge is -2.20. The van der Waals surface area contributed by atoms with Gasteiger partial charge in [-0.2, -0.15) is 0 Å². The van der Waals surface area contributed by atoms with Crippen LogP contribution in [0.2, 0.25) is 5.02 Å². The summed E-state index contributed by atoms with van der Waals surface area (Å²) in [7, 11) is 2.09. The summed E-state index contributed by atoms with van der Waals surface area (Å²) in [6, 6.07) is 10.4. The first-order valence-electron chi connectivity index (χ1n) is 8.82. The summed E-state index contributed by atoms with van der Waals surface area (Å²) < 4.78 is 1.86. The molecule has 0 bridgehead atoms. The van der Waals surface area contributed by atoms with Gasteiger partial charge in [-0.3, -0.25) is 0 Å². The number of fused-ring (bicyclic) bond motifs is 2. The Morgan fingerprint density at radius 1 is 1.26 bits per heavy atom. The van der Waals surface area contributed by atoms with Crippen LogP contribution in [0.25, 0.3) is 22.2 Å². The van der Waals surface area contributed by atoms with E-state index in [4.69, 9.17) is 11.6 Å². The molecule has 3 aromatic rings. The van der Waals surface area contributed by atoms with Crippen molar-refractivity contribution in [3.63, 3.8) is 0 Å². The number of aryl methyl sites for hydroxylation is 1. The summed E-state index contributed by atoms with van der Waals surface area (Å²) in [6.07, 6.45) is 0. The zero-order valence-corrected chi connectivity index (χ0v) is 17.5. The summed E-state index contributed by atoms with van der Waals surface area (Å²) in [6.45, 7) is 7.91. The van der Waals surface area contributed by atoms with E-state index in [-0.39, 0.29) is 5.48 Å². The summed E-state index contributed by atoms with van der Waals surface area (Å²) in [5.74, 6) is 0. The van der Waals surface area contributed by atoms with Crippen molar-refractivity contribution in [3.8, 4) is 11.3 Å². The number of hydrogen-bond donors (Lipinski definition) is 0. The number of nitrogens with zero attached hydrogens (tertiary/aromatic N) is 3. The quantitative estimate of drug-likeness (QED) is 0.382. The average Bonchev–Trinajstić information content (AvgIpc) is 2.88. The van der Waals surface area contributed by atoms with Crippen molar-refractivity contribution < 1.29 is 10.3 Å². The molecule has 144 valence electrons. The second-order valence-electron chi connectivity index (χ2n) is 7.17. The van der Waals surface area contributed by atoms with Crippen LogP contribution >= 0.6 is 23.4 Å². The van der Waals surface area contributed by atoms with Crippen LogP contribution in [-0.2, 0) is 6.54 Å². The number of rotatable bonds is 4. The second-order valence-corrected chi connectivity index (χ2v) is 8.66. The first-order chi connectivity index (χ1) is 12.4. The fraction of sp³-hybridized carbons (Fsp3) is 0.350. The van der Waals surface area contributed by atoms with Crippen molar-refractivity contribution in [3.05, 3.63) is 46.1 Å². The van der Waals surface area contributed by atoms with Crippen molar-refractivity contribution in [1.29, 1.82) is 0 Å². The normalized spacial score (nSPS) is 12.6. The second kappa shape index (κ2) is 7.36. The van der Waals surface area contributed by atoms with Crippen molar-refractivity contribution in [2.45, 2.75) is 43.1 Å². The molecule has 0 amide bonds. The number of benzene rings is 2. The van der Waals surface area contributed by atoms with Crippen LogP contribution in [0, 0.1) is 12.1 Å². The molecule has 0 aliphatic carbocycles. The van der Waals surface area contributed by atoms with Gasteiger partial charge in [-0.05, 0) is 57.6 Å². The summed E-state index contributed by atoms with van der Waals surface area (Å²) in [5, 5.41) is 15.0. The summed E-state index contributed by atoms with van der Waals surface area (Å²) >= 11 is 7.90. The van der Waals surface area contributed by atoms with E-state index in [1.165, 1.54) is 5.56 Å². The van der Waals surface area contributed by atoms with Crippen LogP contribution in [0.5, 0.6) is 0 Å². The van der Waals surface area contributed by atoms with Crippen LogP contribution < -0.4 is 4.85 Å². The van der Waals surface area contributed by atoms with Gasteiger partial charge in [-0.25, -0.2) is 0 Å². The zero-order valence-electron chi connectivity index (χ0n) is 15.9. The predicted octanol–water partition coefficient (Wildman–Crippen LogP) is 3.88. The Balaban J connectivity index is 0.00000210. The first kappa shape index (κ1) is 20.0. The molecule has 7 heteroatoms. The van der Waals surface area contributed by atoms with Crippen LogP contribution in [0.3, 0.4) is 0 Å². The van der Waals surface area contributed by atoms with E-state index in [1.807, 2.05) is 22.9 Å². The van der Waals surface area contributed by atoms with Crippen molar-refractivity contribution in [2.24, 2.45) is 0 Å². The van der Waals surface area contributed by atoms with Gasteiger partial charge in [-0.1, -0.05) is 34.3 Å². The monoisotopic (exact) mass is 405 g/mol. The fourth-order valence-electron chi connectivity index (χ4n) is 3.41. The minimum atomic E-state index is 0. The molecule has 2 heterocycles. The summed E-state index contributed by atoms with van der Waals surface area (Å²) in [4.78, 5) is 5.53. The molecular weight excluding hydrogens is 382 g/mol. The summed E-state index contributed by atoms with van der Waals surface area (Å²) in [5.41, 5.74) is 3.90. The standard InChI is InChI=1S/C20H22ClN3OS.H2O/c1-12(2)22(4)9-10-23-16-8-5-13(3)20-18(16)19(24(23)25)15-7-6-14(21)11-17(15)26-20;/h5-8,11-12H,9-10H2,1-4H3;1H2. The molecule has 0 fully saturated rings. The molecule has 1 aliphatic heterocycles. The maximum absolute atomic E-state index is 13.3. The smallest absolute Gasteiger partial charge is 0.261 e. The van der Waals surface area contributed by atoms with Crippen molar-refractivity contribution in [2.75, 3.05) is 13.6 Å². The van der Waals surface area contributed by atoms with Crippen molar-refractivity contribution in [1.82, 2.24) is 9.58 Å². The molecule has 2 aromatic carbocycles. The average molecular weight is 406 g/mol. The third-order valence-corrected chi connectivity index (χ3v) is 6.74. The van der Waals surface area contributed by atoms with Crippen LogP contribution in [0.1, 0.15) is 19.4 Å². The van der Waals surface area contributed by atoms with Gasteiger partial charge >= 0.3 is 0 Å². The van der Waals surface area contributed by atoms with E-state index >= 15 is 0 Å². The highest BCUT2D eigenvalue weighted by atomic mass is 35.5. The third kappa shape index (κ3) is 3.21. The Bertz CT molecular complexity index is 1020. The van der Waals surface area contributed by atoms with Crippen LogP contribution in [-0.4, -0.2) is 34.7 Å². The molecule has 2 N–H and O–H groups in total. The fourth-order valence-corrected chi connectivity index (χ4v) is 4.86. The molecule has 4 rings (SSSR count). The lowest BCUT2D eigenvalue weighted by molar-refractivity contribution is -0.681. The Morgan fingerprint density at radius 3 is 2.70 bits per heavy atom. The van der Waals surface area contributed by atoms with E-state index in [1.54, 1.807) is 11.8 Å². The zero-order chi connectivity index (χ0) is 18.6. The number of halogens is 1. The molecule has 0 atom stereocenters. The minimum Gasteiger partial charge on any atom is -0.595 e. The van der Waals surface area contributed by atoms with E-state index in [0.717, 1.165) is 43.3 Å². The Labute approximate surface area is 168 Å². The maximum atomic E-state index is 13.3. The largest absolute Gasteiger partial charge is 0.595 e. The lowest BCUT2D eigenvalue weighted by Crippen LogP contribution is -2.42. The van der Waals surface area contributed by atoms with Gasteiger partial charge < -0.3 is 15.6 Å². The maximum Gasteiger partial charge on any atom is 0.261 e. The van der Waals surface area contributed by atoms with Crippen LogP contribution in [0.4, 0.5) is 0 Å². The molecule has 0 unspecified atom stereocenters. The van der Waals surface area contributed by atoms with Gasteiger partial charge in [0.15, 0.2) is 0 Å². The molecule has 1 aromatic heterocycles. The topological polar surface area (TPSA) is 66.6 Å². The van der Waals surface area contributed by atoms with E-state index in [9.17, 15) is 5.21 Å². The highest BCUT2D eigenvalue weighted by Gasteiger charge is 2.32. The van der Waals surface area contributed by atoms with Gasteiger partial charge in [-0.15, -0.1) is 4.68 Å².